The van der Waals surface area contributed by atoms with Crippen LogP contribution in [0.4, 0.5) is 0 Å². The monoisotopic (exact) mass is 317 g/mol. The second kappa shape index (κ2) is 6.80. The number of H-pyrrole nitrogens is 1. The van der Waals surface area contributed by atoms with Crippen molar-refractivity contribution in [3.63, 3.8) is 0 Å². The third kappa shape index (κ3) is 3.61. The highest BCUT2D eigenvalue weighted by Crippen LogP contribution is 2.26. The van der Waals surface area contributed by atoms with Crippen molar-refractivity contribution in [3.8, 4) is 0 Å². The molecule has 23 heavy (non-hydrogen) atoms. The summed E-state index contributed by atoms with van der Waals surface area (Å²) >= 11 is 0. The number of hydrogen-bond donors (Lipinski definition) is 1. The third-order valence-corrected chi connectivity index (χ3v) is 4.63. The highest BCUT2D eigenvalue weighted by Gasteiger charge is 2.26. The zero-order valence-corrected chi connectivity index (χ0v) is 14.6. The zero-order valence-electron chi connectivity index (χ0n) is 14.6. The van der Waals surface area contributed by atoms with Crippen LogP contribution >= 0.6 is 0 Å². The van der Waals surface area contributed by atoms with Crippen LogP contribution in [-0.2, 0) is 20.1 Å². The Bertz CT molecular complexity index is 643. The lowest BCUT2D eigenvalue weighted by atomic mass is 9.97. The van der Waals surface area contributed by atoms with E-state index >= 15 is 0 Å². The van der Waals surface area contributed by atoms with Crippen LogP contribution in [-0.4, -0.2) is 61.7 Å². The van der Waals surface area contributed by atoms with Crippen LogP contribution in [0, 0.1) is 6.92 Å². The summed E-state index contributed by atoms with van der Waals surface area (Å²) in [6, 6.07) is 0. The lowest BCUT2D eigenvalue weighted by molar-refractivity contribution is 0.193. The van der Waals surface area contributed by atoms with Gasteiger partial charge in [-0.3, -0.25) is 4.90 Å². The number of nitrogens with one attached hydrogen (secondary N) is 1. The fourth-order valence-corrected chi connectivity index (χ4v) is 3.32. The van der Waals surface area contributed by atoms with E-state index in [1.54, 1.807) is 6.33 Å². The number of aromatic nitrogens is 5. The molecule has 126 valence electrons. The molecular formula is C16H27N7. The SMILES string of the molecule is Cc1[nH]cnc1CN1CCC[C@@H](c2nnc(CN(C)C)n2C)C1. The Morgan fingerprint density at radius 3 is 2.87 bits per heavy atom. The first kappa shape index (κ1) is 16.1. The van der Waals surface area contributed by atoms with Crippen molar-refractivity contribution in [1.82, 2.24) is 34.5 Å². The molecule has 7 heteroatoms. The number of aromatic amines is 1. The summed E-state index contributed by atoms with van der Waals surface area (Å²) < 4.78 is 2.17. The van der Waals surface area contributed by atoms with Gasteiger partial charge in [0.05, 0.1) is 18.6 Å². The van der Waals surface area contributed by atoms with Gasteiger partial charge in [-0.25, -0.2) is 4.98 Å². The average Bonchev–Trinajstić information content (AvgIpc) is 3.06. The highest BCUT2D eigenvalue weighted by molar-refractivity contribution is 5.09. The number of rotatable bonds is 5. The number of nitrogens with zero attached hydrogens (tertiary/aromatic N) is 6. The fourth-order valence-electron chi connectivity index (χ4n) is 3.32. The summed E-state index contributed by atoms with van der Waals surface area (Å²) in [5.41, 5.74) is 2.32. The molecule has 1 aliphatic heterocycles. The molecule has 1 aliphatic rings. The van der Waals surface area contributed by atoms with Gasteiger partial charge in [0.25, 0.3) is 0 Å². The van der Waals surface area contributed by atoms with Gasteiger partial charge in [0.2, 0.25) is 0 Å². The quantitative estimate of drug-likeness (QED) is 0.900. The predicted molar refractivity (Wildman–Crippen MR) is 89.0 cm³/mol. The van der Waals surface area contributed by atoms with Crippen molar-refractivity contribution < 1.29 is 0 Å². The van der Waals surface area contributed by atoms with Crippen molar-refractivity contribution in [2.75, 3.05) is 27.2 Å². The van der Waals surface area contributed by atoms with Gasteiger partial charge >= 0.3 is 0 Å². The number of aryl methyl sites for hydroxylation is 1. The van der Waals surface area contributed by atoms with E-state index < -0.39 is 0 Å². The van der Waals surface area contributed by atoms with Gasteiger partial charge in [0, 0.05) is 31.7 Å². The van der Waals surface area contributed by atoms with E-state index in [0.717, 1.165) is 43.5 Å². The van der Waals surface area contributed by atoms with Crippen LogP contribution in [0.25, 0.3) is 0 Å². The molecule has 7 nitrogen and oxygen atoms in total. The van der Waals surface area contributed by atoms with E-state index in [-0.39, 0.29) is 0 Å². The molecule has 0 unspecified atom stereocenters. The standard InChI is InChI=1S/C16H27N7/c1-12-14(18-11-17-12)9-23-7-5-6-13(8-23)16-20-19-15(22(16)4)10-21(2)3/h11,13H,5-10H2,1-4H3,(H,17,18)/t13-/m1/s1. The number of piperidine rings is 1. The van der Waals surface area contributed by atoms with Gasteiger partial charge < -0.3 is 14.5 Å². The minimum Gasteiger partial charge on any atom is -0.348 e. The molecule has 3 heterocycles. The summed E-state index contributed by atoms with van der Waals surface area (Å²) in [5, 5.41) is 8.86. The molecule has 0 saturated carbocycles. The molecule has 2 aromatic rings. The van der Waals surface area contributed by atoms with Crippen LogP contribution in [0.15, 0.2) is 6.33 Å². The lowest BCUT2D eigenvalue weighted by Crippen LogP contribution is -2.35. The maximum absolute atomic E-state index is 4.48. The topological polar surface area (TPSA) is 65.9 Å². The minimum atomic E-state index is 0.455. The Kier molecular flexibility index (Phi) is 4.77. The lowest BCUT2D eigenvalue weighted by Gasteiger charge is -2.31. The zero-order chi connectivity index (χ0) is 16.4. The van der Waals surface area contributed by atoms with Crippen LogP contribution in [0.2, 0.25) is 0 Å². The van der Waals surface area contributed by atoms with Crippen molar-refractivity contribution in [2.24, 2.45) is 7.05 Å². The first-order valence-electron chi connectivity index (χ1n) is 8.28. The minimum absolute atomic E-state index is 0.455. The Morgan fingerprint density at radius 2 is 2.17 bits per heavy atom. The molecule has 1 N–H and O–H groups in total. The van der Waals surface area contributed by atoms with Gasteiger partial charge in [-0.15, -0.1) is 10.2 Å². The van der Waals surface area contributed by atoms with E-state index in [1.165, 1.54) is 18.5 Å². The van der Waals surface area contributed by atoms with Crippen molar-refractivity contribution in [1.29, 1.82) is 0 Å². The summed E-state index contributed by atoms with van der Waals surface area (Å²) in [6.45, 7) is 5.98. The number of imidazole rings is 1. The van der Waals surface area contributed by atoms with E-state index in [2.05, 4.69) is 62.6 Å². The first-order chi connectivity index (χ1) is 11.0. The van der Waals surface area contributed by atoms with Crippen LogP contribution < -0.4 is 0 Å². The highest BCUT2D eigenvalue weighted by atomic mass is 15.3. The van der Waals surface area contributed by atoms with E-state index in [1.807, 2.05) is 0 Å². The van der Waals surface area contributed by atoms with E-state index in [9.17, 15) is 0 Å². The molecule has 3 rings (SSSR count). The third-order valence-electron chi connectivity index (χ3n) is 4.63. The summed E-state index contributed by atoms with van der Waals surface area (Å²) in [4.78, 5) is 12.2. The van der Waals surface area contributed by atoms with Crippen molar-refractivity contribution in [3.05, 3.63) is 29.4 Å². The van der Waals surface area contributed by atoms with Gasteiger partial charge in [-0.2, -0.15) is 0 Å². The molecule has 0 amide bonds. The average molecular weight is 317 g/mol. The van der Waals surface area contributed by atoms with E-state index in [4.69, 9.17) is 0 Å². The first-order valence-corrected chi connectivity index (χ1v) is 8.28. The molecule has 0 radical (unpaired) electrons. The van der Waals surface area contributed by atoms with Gasteiger partial charge in [0.15, 0.2) is 0 Å². The fraction of sp³-hybridized carbons (Fsp3) is 0.688. The summed E-state index contributed by atoms with van der Waals surface area (Å²) in [5.74, 6) is 2.60. The van der Waals surface area contributed by atoms with Crippen LogP contribution in [0.1, 0.15) is 41.8 Å². The maximum Gasteiger partial charge on any atom is 0.146 e. The van der Waals surface area contributed by atoms with Crippen LogP contribution in [0.5, 0.6) is 0 Å². The van der Waals surface area contributed by atoms with Crippen molar-refractivity contribution >= 4 is 0 Å². The Morgan fingerprint density at radius 1 is 1.35 bits per heavy atom. The van der Waals surface area contributed by atoms with E-state index in [0.29, 0.717) is 5.92 Å². The normalized spacial score (nSPS) is 19.6. The molecule has 0 bridgehead atoms. The Hall–Kier alpha value is -1.73. The van der Waals surface area contributed by atoms with Gasteiger partial charge in [-0.05, 0) is 40.4 Å². The molecule has 2 aromatic heterocycles. The summed E-state index contributed by atoms with van der Waals surface area (Å²) in [7, 11) is 6.21. The maximum atomic E-state index is 4.48. The smallest absolute Gasteiger partial charge is 0.146 e. The number of hydrogen-bond acceptors (Lipinski definition) is 5. The Labute approximate surface area is 137 Å². The molecule has 1 fully saturated rings. The molecule has 0 aromatic carbocycles. The molecule has 0 spiro atoms. The molecular weight excluding hydrogens is 290 g/mol. The molecule has 1 atom stereocenters. The predicted octanol–water partition coefficient (Wildman–Crippen LogP) is 1.29. The van der Waals surface area contributed by atoms with Crippen LogP contribution in [0.3, 0.4) is 0 Å². The largest absolute Gasteiger partial charge is 0.348 e. The second-order valence-corrected chi connectivity index (χ2v) is 6.82. The second-order valence-electron chi connectivity index (χ2n) is 6.82. The molecule has 1 saturated heterocycles. The summed E-state index contributed by atoms with van der Waals surface area (Å²) in [6.07, 6.45) is 4.16. The van der Waals surface area contributed by atoms with Gasteiger partial charge in [-0.1, -0.05) is 0 Å². The molecule has 0 aliphatic carbocycles. The Balaban J connectivity index is 1.69. The number of likely N-dealkylation sites (tertiary alicyclic amines) is 1. The van der Waals surface area contributed by atoms with Crippen molar-refractivity contribution in [2.45, 2.75) is 38.8 Å². The van der Waals surface area contributed by atoms with Gasteiger partial charge in [0.1, 0.15) is 11.6 Å².